The van der Waals surface area contributed by atoms with E-state index < -0.39 is 0 Å². The van der Waals surface area contributed by atoms with Crippen LogP contribution in [0.4, 0.5) is 4.79 Å². The van der Waals surface area contributed by atoms with Crippen LogP contribution < -0.4 is 5.32 Å². The molecule has 3 heterocycles. The van der Waals surface area contributed by atoms with Gasteiger partial charge in [0.1, 0.15) is 0 Å². The van der Waals surface area contributed by atoms with Gasteiger partial charge in [-0.1, -0.05) is 6.07 Å². The Morgan fingerprint density at radius 2 is 2.27 bits per heavy atom. The molecule has 120 valence electrons. The second-order valence-corrected chi connectivity index (χ2v) is 6.92. The average molecular weight is 321 g/mol. The Morgan fingerprint density at radius 1 is 1.36 bits per heavy atom. The minimum Gasteiger partial charge on any atom is -0.343 e. The topological polar surface area (TPSA) is 52.7 Å². The van der Waals surface area contributed by atoms with Gasteiger partial charge in [-0.3, -0.25) is 4.79 Å². The molecule has 2 aliphatic heterocycles. The lowest BCUT2D eigenvalue weighted by Crippen LogP contribution is -2.40. The number of thiophene rings is 1. The molecule has 5 nitrogen and oxygen atoms in total. The molecule has 22 heavy (non-hydrogen) atoms. The van der Waals surface area contributed by atoms with Gasteiger partial charge in [0.2, 0.25) is 5.91 Å². The third-order valence-corrected chi connectivity index (χ3v) is 5.41. The van der Waals surface area contributed by atoms with E-state index in [1.165, 1.54) is 4.88 Å². The van der Waals surface area contributed by atoms with E-state index in [0.29, 0.717) is 13.0 Å². The van der Waals surface area contributed by atoms with Crippen molar-refractivity contribution in [2.24, 2.45) is 0 Å². The number of hydrogen-bond donors (Lipinski definition) is 1. The molecular formula is C16H23N3O2S. The van der Waals surface area contributed by atoms with Crippen LogP contribution in [-0.4, -0.2) is 47.9 Å². The number of likely N-dealkylation sites (tertiary alicyclic amines) is 2. The first-order chi connectivity index (χ1) is 10.8. The molecule has 1 atom stereocenters. The van der Waals surface area contributed by atoms with Crippen LogP contribution in [0.1, 0.15) is 43.0 Å². The van der Waals surface area contributed by atoms with Crippen molar-refractivity contribution >= 4 is 23.3 Å². The second kappa shape index (κ2) is 7.13. The standard InChI is InChI=1S/C16H23N3O2S/c20-15-7-2-9-18(15)10-4-8-17-16(21)19-11-1-5-13(19)14-6-3-12-22-14/h3,6,12-13H,1-2,4-5,7-11H2,(H,17,21)/t13-/m1/s1. The zero-order valence-electron chi connectivity index (χ0n) is 12.8. The summed E-state index contributed by atoms with van der Waals surface area (Å²) >= 11 is 1.72. The summed E-state index contributed by atoms with van der Waals surface area (Å²) in [5.74, 6) is 0.253. The normalized spacial score (nSPS) is 21.6. The molecule has 0 bridgehead atoms. The van der Waals surface area contributed by atoms with Crippen molar-refractivity contribution in [3.8, 4) is 0 Å². The van der Waals surface area contributed by atoms with E-state index >= 15 is 0 Å². The van der Waals surface area contributed by atoms with E-state index in [1.54, 1.807) is 11.3 Å². The molecule has 0 saturated carbocycles. The van der Waals surface area contributed by atoms with Gasteiger partial charge in [0.25, 0.3) is 0 Å². The minimum absolute atomic E-state index is 0.0312. The van der Waals surface area contributed by atoms with Crippen LogP contribution in [0.3, 0.4) is 0 Å². The van der Waals surface area contributed by atoms with Crippen molar-refractivity contribution in [3.05, 3.63) is 22.4 Å². The van der Waals surface area contributed by atoms with Crippen molar-refractivity contribution in [2.45, 2.75) is 38.1 Å². The second-order valence-electron chi connectivity index (χ2n) is 5.94. The summed E-state index contributed by atoms with van der Waals surface area (Å²) in [6, 6.07) is 4.42. The Morgan fingerprint density at radius 3 is 3.00 bits per heavy atom. The molecule has 1 aromatic heterocycles. The van der Waals surface area contributed by atoms with Crippen LogP contribution in [0, 0.1) is 0 Å². The zero-order valence-corrected chi connectivity index (χ0v) is 13.6. The Balaban J connectivity index is 1.42. The van der Waals surface area contributed by atoms with E-state index in [2.05, 4.69) is 16.8 Å². The largest absolute Gasteiger partial charge is 0.343 e. The predicted molar refractivity (Wildman–Crippen MR) is 86.8 cm³/mol. The molecular weight excluding hydrogens is 298 g/mol. The molecule has 0 unspecified atom stereocenters. The lowest BCUT2D eigenvalue weighted by atomic mass is 10.2. The fourth-order valence-corrected chi connectivity index (χ4v) is 4.17. The average Bonchev–Trinajstić information content (AvgIpc) is 3.24. The lowest BCUT2D eigenvalue weighted by molar-refractivity contribution is -0.127. The maximum absolute atomic E-state index is 12.4. The van der Waals surface area contributed by atoms with Crippen molar-refractivity contribution in [1.82, 2.24) is 15.1 Å². The molecule has 1 N–H and O–H groups in total. The Hall–Kier alpha value is -1.56. The number of amides is 3. The van der Waals surface area contributed by atoms with Gasteiger partial charge in [-0.2, -0.15) is 0 Å². The molecule has 0 aromatic carbocycles. The van der Waals surface area contributed by atoms with Crippen molar-refractivity contribution < 1.29 is 9.59 Å². The summed E-state index contributed by atoms with van der Waals surface area (Å²) < 4.78 is 0. The fraction of sp³-hybridized carbons (Fsp3) is 0.625. The van der Waals surface area contributed by atoms with Gasteiger partial charge < -0.3 is 15.1 Å². The first-order valence-corrected chi connectivity index (χ1v) is 8.99. The van der Waals surface area contributed by atoms with Gasteiger partial charge in [-0.15, -0.1) is 11.3 Å². The molecule has 2 saturated heterocycles. The van der Waals surface area contributed by atoms with Crippen LogP contribution in [0.5, 0.6) is 0 Å². The molecule has 0 aliphatic carbocycles. The highest BCUT2D eigenvalue weighted by Crippen LogP contribution is 2.34. The number of carbonyl (C=O) groups excluding carboxylic acids is 2. The van der Waals surface area contributed by atoms with Crippen LogP contribution >= 0.6 is 11.3 Å². The number of hydrogen-bond acceptors (Lipinski definition) is 3. The van der Waals surface area contributed by atoms with Gasteiger partial charge in [-0.05, 0) is 37.1 Å². The first kappa shape index (κ1) is 15.3. The summed E-state index contributed by atoms with van der Waals surface area (Å²) in [6.45, 7) is 3.10. The van der Waals surface area contributed by atoms with Crippen molar-refractivity contribution in [3.63, 3.8) is 0 Å². The van der Waals surface area contributed by atoms with Gasteiger partial charge in [0.15, 0.2) is 0 Å². The first-order valence-electron chi connectivity index (χ1n) is 8.11. The number of nitrogens with zero attached hydrogens (tertiary/aromatic N) is 2. The van der Waals surface area contributed by atoms with Gasteiger partial charge >= 0.3 is 6.03 Å². The SMILES string of the molecule is O=C1CCCN1CCCNC(=O)N1CCC[C@@H]1c1cccs1. The molecule has 0 radical (unpaired) electrons. The number of urea groups is 1. The number of carbonyl (C=O) groups is 2. The minimum atomic E-state index is 0.0312. The monoisotopic (exact) mass is 321 g/mol. The summed E-state index contributed by atoms with van der Waals surface area (Å²) in [5.41, 5.74) is 0. The van der Waals surface area contributed by atoms with E-state index in [1.807, 2.05) is 15.9 Å². The predicted octanol–water partition coefficient (Wildman–Crippen LogP) is 2.61. The van der Waals surface area contributed by atoms with E-state index in [-0.39, 0.29) is 18.0 Å². The van der Waals surface area contributed by atoms with Crippen LogP contribution in [0.25, 0.3) is 0 Å². The van der Waals surface area contributed by atoms with E-state index in [4.69, 9.17) is 0 Å². The molecule has 6 heteroatoms. The van der Waals surface area contributed by atoms with Gasteiger partial charge in [0, 0.05) is 37.5 Å². The molecule has 3 amide bonds. The van der Waals surface area contributed by atoms with Gasteiger partial charge in [0.05, 0.1) is 6.04 Å². The third-order valence-electron chi connectivity index (χ3n) is 4.44. The Labute approximate surface area is 135 Å². The van der Waals surface area contributed by atoms with Crippen molar-refractivity contribution in [2.75, 3.05) is 26.2 Å². The third kappa shape index (κ3) is 3.43. The summed E-state index contributed by atoms with van der Waals surface area (Å²) in [6.07, 6.45) is 4.60. The number of rotatable bonds is 5. The Kier molecular flexibility index (Phi) is 4.97. The fourth-order valence-electron chi connectivity index (χ4n) is 3.29. The van der Waals surface area contributed by atoms with E-state index in [0.717, 1.165) is 45.3 Å². The van der Waals surface area contributed by atoms with Crippen LogP contribution in [0.2, 0.25) is 0 Å². The Bertz CT molecular complexity index is 517. The maximum atomic E-state index is 12.4. The zero-order chi connectivity index (χ0) is 15.4. The summed E-state index contributed by atoms with van der Waals surface area (Å²) in [4.78, 5) is 29.0. The number of nitrogens with one attached hydrogen (secondary N) is 1. The maximum Gasteiger partial charge on any atom is 0.317 e. The van der Waals surface area contributed by atoms with Crippen molar-refractivity contribution in [1.29, 1.82) is 0 Å². The molecule has 0 spiro atoms. The smallest absolute Gasteiger partial charge is 0.317 e. The highest BCUT2D eigenvalue weighted by Gasteiger charge is 2.30. The molecule has 2 fully saturated rings. The van der Waals surface area contributed by atoms with Crippen LogP contribution in [-0.2, 0) is 4.79 Å². The summed E-state index contributed by atoms with van der Waals surface area (Å²) in [7, 11) is 0. The van der Waals surface area contributed by atoms with Crippen LogP contribution in [0.15, 0.2) is 17.5 Å². The lowest BCUT2D eigenvalue weighted by Gasteiger charge is -2.24. The molecule has 2 aliphatic rings. The summed E-state index contributed by atoms with van der Waals surface area (Å²) in [5, 5.41) is 5.08. The quantitative estimate of drug-likeness (QED) is 0.848. The molecule has 3 rings (SSSR count). The molecule has 1 aromatic rings. The highest BCUT2D eigenvalue weighted by atomic mass is 32.1. The van der Waals surface area contributed by atoms with E-state index in [9.17, 15) is 9.59 Å². The highest BCUT2D eigenvalue weighted by molar-refractivity contribution is 7.10. The van der Waals surface area contributed by atoms with Gasteiger partial charge in [-0.25, -0.2) is 4.79 Å².